The summed E-state index contributed by atoms with van der Waals surface area (Å²) in [5, 5.41) is 0. The van der Waals surface area contributed by atoms with Crippen LogP contribution in [0.5, 0.6) is 11.5 Å². The predicted octanol–water partition coefficient (Wildman–Crippen LogP) is 2.24. The van der Waals surface area contributed by atoms with Crippen molar-refractivity contribution >= 4 is 22.4 Å². The van der Waals surface area contributed by atoms with Crippen molar-refractivity contribution in [3.63, 3.8) is 0 Å². The molecule has 0 spiro atoms. The number of benzene rings is 2. The van der Waals surface area contributed by atoms with Crippen LogP contribution in [0.2, 0.25) is 0 Å². The molecule has 1 unspecified atom stereocenters. The molecule has 0 saturated carbocycles. The minimum atomic E-state index is -4.09. The lowest BCUT2D eigenvalue weighted by molar-refractivity contribution is 0.350. The van der Waals surface area contributed by atoms with E-state index < -0.39 is 26.8 Å². The Bertz CT molecular complexity index is 803. The van der Waals surface area contributed by atoms with Gasteiger partial charge in [0.2, 0.25) is 10.0 Å². The molecule has 9 heteroatoms. The van der Waals surface area contributed by atoms with E-state index in [2.05, 4.69) is 4.72 Å². The molecule has 0 bridgehead atoms. The fourth-order valence-electron chi connectivity index (χ4n) is 2.14. The van der Waals surface area contributed by atoms with Crippen LogP contribution in [0.4, 0.5) is 4.39 Å². The number of sulfonamides is 1. The highest BCUT2D eigenvalue weighted by atomic mass is 35.5. The minimum Gasteiger partial charge on any atom is -0.493 e. The van der Waals surface area contributed by atoms with Crippen molar-refractivity contribution in [3.8, 4) is 11.5 Å². The molecular formula is C16H20ClFN2O4S. The molecule has 0 heterocycles. The summed E-state index contributed by atoms with van der Waals surface area (Å²) in [4.78, 5) is -0.527. The van der Waals surface area contributed by atoms with Gasteiger partial charge in [0.15, 0.2) is 11.5 Å². The smallest absolute Gasteiger partial charge is 0.243 e. The Kier molecular flexibility index (Phi) is 7.62. The third-order valence-electron chi connectivity index (χ3n) is 3.45. The van der Waals surface area contributed by atoms with Gasteiger partial charge in [-0.05, 0) is 5.56 Å². The first kappa shape index (κ1) is 21.2. The van der Waals surface area contributed by atoms with Crippen LogP contribution < -0.4 is 19.9 Å². The van der Waals surface area contributed by atoms with Crippen molar-refractivity contribution in [2.45, 2.75) is 10.9 Å². The van der Waals surface area contributed by atoms with Crippen LogP contribution in [0.25, 0.3) is 0 Å². The second kappa shape index (κ2) is 9.00. The van der Waals surface area contributed by atoms with Crippen LogP contribution >= 0.6 is 12.4 Å². The quantitative estimate of drug-likeness (QED) is 0.756. The summed E-state index contributed by atoms with van der Waals surface area (Å²) >= 11 is 0. The molecule has 2 aromatic rings. The summed E-state index contributed by atoms with van der Waals surface area (Å²) in [6, 6.07) is 10.5. The van der Waals surface area contributed by atoms with E-state index in [4.69, 9.17) is 15.2 Å². The first-order valence-corrected chi connectivity index (χ1v) is 8.59. The van der Waals surface area contributed by atoms with Crippen LogP contribution in [-0.2, 0) is 10.0 Å². The Morgan fingerprint density at radius 1 is 1.12 bits per heavy atom. The Labute approximate surface area is 152 Å². The third-order valence-corrected chi connectivity index (χ3v) is 4.89. The highest BCUT2D eigenvalue weighted by Gasteiger charge is 2.23. The van der Waals surface area contributed by atoms with Crippen LogP contribution in [0.15, 0.2) is 47.4 Å². The average molecular weight is 391 g/mol. The van der Waals surface area contributed by atoms with Crippen molar-refractivity contribution in [1.29, 1.82) is 0 Å². The van der Waals surface area contributed by atoms with Gasteiger partial charge in [-0.1, -0.05) is 30.3 Å². The Hall–Kier alpha value is -1.87. The lowest BCUT2D eigenvalue weighted by atomic mass is 10.1. The van der Waals surface area contributed by atoms with Gasteiger partial charge in [-0.2, -0.15) is 0 Å². The summed E-state index contributed by atoms with van der Waals surface area (Å²) in [6.07, 6.45) is 0. The molecule has 0 amide bonds. The molecule has 0 aromatic heterocycles. The number of hydrogen-bond donors (Lipinski definition) is 2. The maximum absolute atomic E-state index is 14.1. The summed E-state index contributed by atoms with van der Waals surface area (Å²) in [6.45, 7) is -0.0693. The minimum absolute atomic E-state index is 0. The number of hydrogen-bond acceptors (Lipinski definition) is 5. The van der Waals surface area contributed by atoms with Crippen molar-refractivity contribution in [2.75, 3.05) is 20.8 Å². The molecule has 1 atom stereocenters. The van der Waals surface area contributed by atoms with Gasteiger partial charge in [0, 0.05) is 24.7 Å². The first-order chi connectivity index (χ1) is 11.4. The Balaban J connectivity index is 0.00000312. The second-order valence-corrected chi connectivity index (χ2v) is 6.74. The van der Waals surface area contributed by atoms with E-state index >= 15 is 0 Å². The van der Waals surface area contributed by atoms with E-state index in [0.29, 0.717) is 0 Å². The van der Waals surface area contributed by atoms with Gasteiger partial charge in [-0.3, -0.25) is 0 Å². The topological polar surface area (TPSA) is 90.7 Å². The van der Waals surface area contributed by atoms with E-state index in [1.807, 2.05) is 6.07 Å². The lowest BCUT2D eigenvalue weighted by Crippen LogP contribution is -2.32. The van der Waals surface area contributed by atoms with Crippen molar-refractivity contribution in [2.24, 2.45) is 5.73 Å². The van der Waals surface area contributed by atoms with E-state index in [-0.39, 0.29) is 30.5 Å². The molecule has 0 aliphatic rings. The molecule has 138 valence electrons. The summed E-state index contributed by atoms with van der Waals surface area (Å²) in [5.74, 6) is -0.713. The van der Waals surface area contributed by atoms with Gasteiger partial charge in [0.1, 0.15) is 10.7 Å². The number of methoxy groups -OCH3 is 2. The Morgan fingerprint density at radius 2 is 1.68 bits per heavy atom. The lowest BCUT2D eigenvalue weighted by Gasteiger charge is -2.15. The summed E-state index contributed by atoms with van der Waals surface area (Å²) in [5.41, 5.74) is 6.73. The van der Waals surface area contributed by atoms with Crippen LogP contribution in [0.3, 0.4) is 0 Å². The first-order valence-electron chi connectivity index (χ1n) is 7.10. The largest absolute Gasteiger partial charge is 0.493 e. The Morgan fingerprint density at radius 3 is 2.24 bits per heavy atom. The average Bonchev–Trinajstić information content (AvgIpc) is 2.59. The van der Waals surface area contributed by atoms with Crippen molar-refractivity contribution in [1.82, 2.24) is 4.72 Å². The van der Waals surface area contributed by atoms with Crippen LogP contribution in [0.1, 0.15) is 11.6 Å². The fraction of sp³-hybridized carbons (Fsp3) is 0.250. The van der Waals surface area contributed by atoms with Gasteiger partial charge in [-0.25, -0.2) is 17.5 Å². The monoisotopic (exact) mass is 390 g/mol. The normalized spacial score (nSPS) is 12.2. The van der Waals surface area contributed by atoms with Gasteiger partial charge >= 0.3 is 0 Å². The molecule has 0 radical (unpaired) electrons. The molecule has 2 aromatic carbocycles. The van der Waals surface area contributed by atoms with Crippen molar-refractivity contribution < 1.29 is 22.3 Å². The third kappa shape index (κ3) is 5.05. The molecule has 25 heavy (non-hydrogen) atoms. The molecule has 0 aliphatic carbocycles. The van der Waals surface area contributed by atoms with Crippen molar-refractivity contribution in [3.05, 3.63) is 53.8 Å². The van der Waals surface area contributed by atoms with E-state index in [1.165, 1.54) is 14.2 Å². The molecule has 0 saturated heterocycles. The molecule has 0 fully saturated rings. The highest BCUT2D eigenvalue weighted by Crippen LogP contribution is 2.31. The SMILES string of the molecule is COc1cc(F)c(S(=O)(=O)NCC(N)c2ccccc2)cc1OC.Cl. The molecule has 0 aliphatic heterocycles. The second-order valence-electron chi connectivity index (χ2n) is 5.01. The summed E-state index contributed by atoms with van der Waals surface area (Å²) < 4.78 is 51.1. The maximum atomic E-state index is 14.1. The fourth-order valence-corrected chi connectivity index (χ4v) is 3.27. The number of nitrogens with two attached hydrogens (primary N) is 1. The zero-order chi connectivity index (χ0) is 17.7. The molecule has 6 nitrogen and oxygen atoms in total. The number of ether oxygens (including phenoxy) is 2. The van der Waals surface area contributed by atoms with Gasteiger partial charge in [0.05, 0.1) is 14.2 Å². The van der Waals surface area contributed by atoms with Gasteiger partial charge in [0.25, 0.3) is 0 Å². The standard InChI is InChI=1S/C16H19FN2O4S.ClH/c1-22-14-8-12(17)16(9-15(14)23-2)24(20,21)19-10-13(18)11-6-4-3-5-7-11;/h3-9,13,19H,10,18H2,1-2H3;1H. The molecule has 3 N–H and O–H groups in total. The zero-order valence-electron chi connectivity index (χ0n) is 13.7. The van der Waals surface area contributed by atoms with Gasteiger partial charge in [-0.15, -0.1) is 12.4 Å². The number of nitrogens with one attached hydrogen (secondary N) is 1. The maximum Gasteiger partial charge on any atom is 0.243 e. The number of halogens is 2. The van der Waals surface area contributed by atoms with Crippen LogP contribution in [-0.4, -0.2) is 29.2 Å². The summed E-state index contributed by atoms with van der Waals surface area (Å²) in [7, 11) is -1.42. The predicted molar refractivity (Wildman–Crippen MR) is 95.3 cm³/mol. The highest BCUT2D eigenvalue weighted by molar-refractivity contribution is 7.89. The van der Waals surface area contributed by atoms with E-state index in [9.17, 15) is 12.8 Å². The van der Waals surface area contributed by atoms with Crippen LogP contribution in [0, 0.1) is 5.82 Å². The van der Waals surface area contributed by atoms with E-state index in [0.717, 1.165) is 17.7 Å². The molecule has 2 rings (SSSR count). The number of rotatable bonds is 7. The zero-order valence-corrected chi connectivity index (χ0v) is 15.4. The van der Waals surface area contributed by atoms with Gasteiger partial charge < -0.3 is 15.2 Å². The van der Waals surface area contributed by atoms with E-state index in [1.54, 1.807) is 24.3 Å². The molecular weight excluding hydrogens is 371 g/mol.